The number of alkyl halides is 1. The lowest BCUT2D eigenvalue weighted by atomic mass is 10.1. The number of rotatable bonds is 1. The molecule has 21 heteroatoms. The number of nitrogens with two attached hydrogens (primary N) is 1. The highest BCUT2D eigenvalue weighted by molar-refractivity contribution is 8.44. The lowest BCUT2D eigenvalue weighted by Crippen LogP contribution is -2.35. The Hall–Kier alpha value is -2.04. The number of fused-ring (bicyclic) bond motifs is 4. The average Bonchev–Trinajstić information content (AvgIpc) is 3.70. The highest BCUT2D eigenvalue weighted by Gasteiger charge is 2.52. The van der Waals surface area contributed by atoms with E-state index in [9.17, 15) is 14.6 Å². The number of H-pyrrole nitrogens is 1. The van der Waals surface area contributed by atoms with Crippen molar-refractivity contribution in [1.82, 2.24) is 29.7 Å². The Morgan fingerprint density at radius 1 is 1.20 bits per heavy atom. The number of halogens is 1. The van der Waals surface area contributed by atoms with Crippen LogP contribution in [0.4, 0.5) is 10.2 Å². The van der Waals surface area contributed by atoms with Gasteiger partial charge in [-0.1, -0.05) is 24.1 Å². The number of nitrogens with one attached hydrogen (secondary N) is 1. The summed E-state index contributed by atoms with van der Waals surface area (Å²) < 4.78 is 64.0. The minimum absolute atomic E-state index is 0.0727. The van der Waals surface area contributed by atoms with E-state index in [4.69, 9.17) is 45.1 Å². The quantitative estimate of drug-likeness (QED) is 0.139. The molecular weight excluding hydrogens is 627 g/mol. The zero-order chi connectivity index (χ0) is 28.9. The smallest absolute Gasteiger partial charge is 0.386 e. The van der Waals surface area contributed by atoms with Crippen LogP contribution >= 0.6 is 25.8 Å². The van der Waals surface area contributed by atoms with E-state index in [0.29, 0.717) is 5.56 Å². The summed E-state index contributed by atoms with van der Waals surface area (Å²) in [5, 5.41) is 17.3. The third-order valence-electron chi connectivity index (χ3n) is 6.44. The van der Waals surface area contributed by atoms with E-state index in [-0.39, 0.29) is 17.0 Å². The predicted octanol–water partition coefficient (Wildman–Crippen LogP) is 0.619. The maximum absolute atomic E-state index is 15.9. The Morgan fingerprint density at radius 2 is 2.00 bits per heavy atom. The molecule has 0 spiro atoms. The molecule has 10 atom stereocenters. The van der Waals surface area contributed by atoms with Crippen LogP contribution in [0.5, 0.6) is 0 Å². The van der Waals surface area contributed by atoms with E-state index in [0.717, 1.165) is 0 Å². The monoisotopic (exact) mass is 649 g/mol. The normalized spacial score (nSPS) is 39.7. The van der Waals surface area contributed by atoms with Gasteiger partial charge in [0.2, 0.25) is 0 Å². The molecule has 3 saturated heterocycles. The van der Waals surface area contributed by atoms with Crippen molar-refractivity contribution >= 4 is 54.6 Å². The summed E-state index contributed by atoms with van der Waals surface area (Å²) >= 11 is 9.15. The van der Waals surface area contributed by atoms with Crippen molar-refractivity contribution in [1.29, 1.82) is 0 Å². The molecular formula is C20H22FN7O9P2S2. The number of ether oxygens (including phenoxy) is 2. The Morgan fingerprint density at radius 3 is 2.78 bits per heavy atom. The molecule has 3 aliphatic rings. The lowest BCUT2D eigenvalue weighted by molar-refractivity contribution is -0.0442. The topological polar surface area (TPSA) is 211 Å². The van der Waals surface area contributed by atoms with Crippen LogP contribution < -0.4 is 5.73 Å². The van der Waals surface area contributed by atoms with E-state index >= 15 is 4.39 Å². The number of imidazole rings is 1. The van der Waals surface area contributed by atoms with Gasteiger partial charge < -0.3 is 29.7 Å². The molecule has 0 aromatic carbocycles. The summed E-state index contributed by atoms with van der Waals surface area (Å²) in [4.78, 5) is 22.9. The maximum Gasteiger partial charge on any atom is 0.386 e. The molecule has 0 aliphatic carbocycles. The second kappa shape index (κ2) is 11.2. The van der Waals surface area contributed by atoms with Gasteiger partial charge in [0.1, 0.15) is 48.5 Å². The first-order chi connectivity index (χ1) is 19.5. The molecule has 16 nitrogen and oxygen atoms in total. The van der Waals surface area contributed by atoms with Crippen molar-refractivity contribution < 1.29 is 46.5 Å². The number of aromatic amines is 1. The van der Waals surface area contributed by atoms with Gasteiger partial charge in [-0.05, 0) is 11.8 Å². The fraction of sp³-hybridized carbons (Fsp3) is 0.500. The van der Waals surface area contributed by atoms with Gasteiger partial charge in [-0.2, -0.15) is 5.10 Å². The van der Waals surface area contributed by atoms with Crippen LogP contribution in [0.3, 0.4) is 0 Å². The van der Waals surface area contributed by atoms with E-state index in [2.05, 4.69) is 49.2 Å². The number of nitrogen functional groups attached to an aromatic ring is 1. The summed E-state index contributed by atoms with van der Waals surface area (Å²) in [6, 6.07) is 0. The summed E-state index contributed by atoms with van der Waals surface area (Å²) in [5.41, 5.74) is 6.74. The molecule has 2 unspecified atom stereocenters. The zero-order valence-corrected chi connectivity index (χ0v) is 24.0. The molecule has 0 amide bonds. The first-order valence-electron chi connectivity index (χ1n) is 11.9. The number of aliphatic hydroxyl groups is 1. The van der Waals surface area contributed by atoms with Gasteiger partial charge in [0.15, 0.2) is 23.9 Å². The molecule has 41 heavy (non-hydrogen) atoms. The summed E-state index contributed by atoms with van der Waals surface area (Å²) in [7, 11) is 0. The first-order valence-corrected chi connectivity index (χ1v) is 17.2. The van der Waals surface area contributed by atoms with Crippen molar-refractivity contribution in [3.8, 4) is 11.8 Å². The van der Waals surface area contributed by atoms with Crippen LogP contribution in [-0.4, -0.2) is 95.7 Å². The molecule has 3 aromatic rings. The minimum Gasteiger partial charge on any atom is -0.387 e. The molecule has 0 radical (unpaired) electrons. The van der Waals surface area contributed by atoms with E-state index in [1.54, 1.807) is 0 Å². The van der Waals surface area contributed by atoms with Crippen LogP contribution in [0, 0.1) is 11.8 Å². The Kier molecular flexibility index (Phi) is 7.96. The number of thiol groups is 1. The molecule has 3 aromatic heterocycles. The molecule has 5 N–H and O–H groups in total. The Bertz CT molecular complexity index is 1590. The number of hydrogen-bond donors (Lipinski definition) is 5. The summed E-state index contributed by atoms with van der Waals surface area (Å²) in [6.45, 7) is -9.49. The van der Waals surface area contributed by atoms with Gasteiger partial charge in [0.05, 0.1) is 31.3 Å². The number of nitrogens with zero attached hydrogens (tertiary/aromatic N) is 5. The van der Waals surface area contributed by atoms with Crippen LogP contribution in [0.2, 0.25) is 0 Å². The summed E-state index contributed by atoms with van der Waals surface area (Å²) in [5.74, 6) is 5.63. The third-order valence-corrected chi connectivity index (χ3v) is 9.61. The van der Waals surface area contributed by atoms with Crippen LogP contribution in [0.15, 0.2) is 25.0 Å². The van der Waals surface area contributed by atoms with E-state index in [1.807, 2.05) is 0 Å². The van der Waals surface area contributed by atoms with Crippen LogP contribution in [0.1, 0.15) is 11.8 Å². The summed E-state index contributed by atoms with van der Waals surface area (Å²) in [6.07, 6.45) is -5.80. The molecule has 3 fully saturated rings. The second-order valence-corrected chi connectivity index (χ2v) is 14.8. The van der Waals surface area contributed by atoms with Crippen molar-refractivity contribution in [2.75, 3.05) is 18.9 Å². The second-order valence-electron chi connectivity index (χ2n) is 9.10. The standard InChI is InChI=1S/C20H22FN7O9P2S2/c21-13-16-12(35-20(13)28-8-25-14-18(22)23-7-24-19(14)28)6-33-39(31,41)37-17-10(2-1-9-3-26-27-4-9)34-11(15(17)29)5-32-38(30,40)36-16/h3-4,7-8,10-13,15-17,20,29H,5-6H2,(H,26,27)(H,30,40)(H,31,41)(H2,22,23,24)/t10-,11+,12+,13+,15+,16+,17-,20+,38?,39?/m0/s1. The van der Waals surface area contributed by atoms with Gasteiger partial charge in [0, 0.05) is 6.20 Å². The molecule has 3 aliphatic heterocycles. The molecule has 6 heterocycles. The first kappa shape index (κ1) is 29.1. The largest absolute Gasteiger partial charge is 0.387 e. The minimum atomic E-state index is -4.25. The highest BCUT2D eigenvalue weighted by atomic mass is 32.7. The van der Waals surface area contributed by atoms with Gasteiger partial charge >= 0.3 is 13.5 Å². The predicted molar refractivity (Wildman–Crippen MR) is 143 cm³/mol. The molecule has 220 valence electrons. The average molecular weight is 650 g/mol. The number of anilines is 1. The maximum atomic E-state index is 15.9. The Labute approximate surface area is 241 Å². The van der Waals surface area contributed by atoms with E-state index in [1.165, 1.54) is 29.6 Å². The molecule has 0 saturated carbocycles. The lowest BCUT2D eigenvalue weighted by Gasteiger charge is -2.25. The zero-order valence-electron chi connectivity index (χ0n) is 20.5. The fourth-order valence-corrected chi connectivity index (χ4v) is 7.42. The van der Waals surface area contributed by atoms with Crippen molar-refractivity contribution in [2.45, 2.75) is 49.0 Å². The SMILES string of the molecule is Nc1ncnc2c1ncn2[C@@H]1O[C@@H]2COP(=O)(S)O[C@@H]3[C@H](O)[C@@H](COP(O)(=S)O[C@H]2[C@H]1F)O[C@H]3C#Cc1cn[nH]c1. The van der Waals surface area contributed by atoms with E-state index < -0.39 is 75.8 Å². The van der Waals surface area contributed by atoms with Gasteiger partial charge in [-0.15, -0.1) is 0 Å². The van der Waals surface area contributed by atoms with Gasteiger partial charge in [0.25, 0.3) is 0 Å². The van der Waals surface area contributed by atoms with Crippen molar-refractivity contribution in [3.63, 3.8) is 0 Å². The number of aromatic nitrogens is 6. The van der Waals surface area contributed by atoms with Crippen LogP contribution in [0.25, 0.3) is 11.2 Å². The van der Waals surface area contributed by atoms with Crippen LogP contribution in [-0.2, 0) is 43.9 Å². The van der Waals surface area contributed by atoms with Crippen molar-refractivity contribution in [3.05, 3.63) is 30.6 Å². The number of aliphatic hydroxyl groups excluding tert-OH is 1. The van der Waals surface area contributed by atoms with Gasteiger partial charge in [-0.3, -0.25) is 23.2 Å². The number of hydrogen-bond acceptors (Lipinski definition) is 14. The highest BCUT2D eigenvalue weighted by Crippen LogP contribution is 2.57. The fourth-order valence-electron chi connectivity index (χ4n) is 4.52. The Balaban J connectivity index is 1.28. The molecule has 6 rings (SSSR count). The molecule has 2 bridgehead atoms. The third kappa shape index (κ3) is 5.93. The van der Waals surface area contributed by atoms with Gasteiger partial charge in [-0.25, -0.2) is 23.9 Å². The van der Waals surface area contributed by atoms with Crippen molar-refractivity contribution in [2.24, 2.45) is 0 Å².